The topological polar surface area (TPSA) is 135 Å². The Morgan fingerprint density at radius 3 is 2.52 bits per heavy atom. The molecule has 3 aromatic rings. The van der Waals surface area contributed by atoms with Gasteiger partial charge in [0.25, 0.3) is 5.95 Å². The van der Waals surface area contributed by atoms with Gasteiger partial charge in [-0.2, -0.15) is 13.5 Å². The lowest BCUT2D eigenvalue weighted by Gasteiger charge is -2.11. The molecule has 0 spiro atoms. The van der Waals surface area contributed by atoms with Crippen LogP contribution in [0.15, 0.2) is 52.5 Å². The number of aromatic nitrogens is 4. The third-order valence-corrected chi connectivity index (χ3v) is 4.74. The molecular weight excluding hydrogens is 372 g/mol. The molecule has 27 heavy (non-hydrogen) atoms. The normalized spacial score (nSPS) is 11.6. The van der Waals surface area contributed by atoms with Gasteiger partial charge in [0.05, 0.1) is 13.3 Å². The van der Waals surface area contributed by atoms with Crippen LogP contribution in [0.5, 0.6) is 11.5 Å². The van der Waals surface area contributed by atoms with E-state index in [1.54, 1.807) is 24.3 Å². The van der Waals surface area contributed by atoms with E-state index >= 15 is 0 Å². The highest BCUT2D eigenvalue weighted by atomic mass is 32.2. The highest BCUT2D eigenvalue weighted by Crippen LogP contribution is 2.30. The van der Waals surface area contributed by atoms with Gasteiger partial charge in [-0.25, -0.2) is 0 Å². The predicted molar refractivity (Wildman–Crippen MR) is 97.2 cm³/mol. The lowest BCUT2D eigenvalue weighted by atomic mass is 10.2. The van der Waals surface area contributed by atoms with E-state index in [0.717, 1.165) is 10.4 Å². The lowest BCUT2D eigenvalue weighted by Crippen LogP contribution is -2.10. The standard InChI is InChI=1S/C16H16N6O4S/c1-11-3-6-13(7-4-11)27(23,24)26-14-8-5-12(9-15(14)25-2)10-18-22-16(17)19-20-21-22/h3-10H,1-2H3,(H2,17,19,21)/b18-10-. The first kappa shape index (κ1) is 18.3. The Balaban J connectivity index is 1.85. The molecule has 0 atom stereocenters. The molecule has 0 amide bonds. The zero-order chi connectivity index (χ0) is 19.4. The van der Waals surface area contributed by atoms with Gasteiger partial charge in [0, 0.05) is 0 Å². The molecule has 2 aromatic carbocycles. The molecule has 3 rings (SSSR count). The Morgan fingerprint density at radius 1 is 1.15 bits per heavy atom. The lowest BCUT2D eigenvalue weighted by molar-refractivity contribution is 0.390. The fourth-order valence-electron chi connectivity index (χ4n) is 2.10. The summed E-state index contributed by atoms with van der Waals surface area (Å²) in [7, 11) is -2.59. The van der Waals surface area contributed by atoms with Gasteiger partial charge in [0.1, 0.15) is 4.90 Å². The van der Waals surface area contributed by atoms with Crippen molar-refractivity contribution in [3.63, 3.8) is 0 Å². The molecule has 0 fully saturated rings. The number of hydrogen-bond acceptors (Lipinski definition) is 9. The Hall–Kier alpha value is -3.47. The second-order valence-electron chi connectivity index (χ2n) is 5.43. The Labute approximate surface area is 155 Å². The highest BCUT2D eigenvalue weighted by molar-refractivity contribution is 7.87. The molecule has 0 aliphatic carbocycles. The molecule has 0 unspecified atom stereocenters. The van der Waals surface area contributed by atoms with Gasteiger partial charge in [-0.05, 0) is 53.2 Å². The molecule has 140 valence electrons. The molecule has 11 heteroatoms. The first-order chi connectivity index (χ1) is 12.9. The maximum atomic E-state index is 12.4. The summed E-state index contributed by atoms with van der Waals surface area (Å²) in [4.78, 5) is 1.09. The molecular formula is C16H16N6O4S. The first-order valence-electron chi connectivity index (χ1n) is 7.66. The van der Waals surface area contributed by atoms with E-state index in [9.17, 15) is 8.42 Å². The third-order valence-electron chi connectivity index (χ3n) is 3.49. The van der Waals surface area contributed by atoms with Gasteiger partial charge >= 0.3 is 10.1 Å². The van der Waals surface area contributed by atoms with Crippen LogP contribution in [0.4, 0.5) is 5.95 Å². The van der Waals surface area contributed by atoms with Crippen LogP contribution in [0, 0.1) is 6.92 Å². The zero-order valence-corrected chi connectivity index (χ0v) is 15.3. The second kappa shape index (κ2) is 7.41. The maximum absolute atomic E-state index is 12.4. The van der Waals surface area contributed by atoms with Crippen molar-refractivity contribution in [3.8, 4) is 11.5 Å². The largest absolute Gasteiger partial charge is 0.493 e. The van der Waals surface area contributed by atoms with Crippen LogP contribution in [0.2, 0.25) is 0 Å². The van der Waals surface area contributed by atoms with Crippen LogP contribution in [0.3, 0.4) is 0 Å². The van der Waals surface area contributed by atoms with Crippen molar-refractivity contribution in [2.45, 2.75) is 11.8 Å². The number of anilines is 1. The first-order valence-corrected chi connectivity index (χ1v) is 9.07. The summed E-state index contributed by atoms with van der Waals surface area (Å²) in [6, 6.07) is 11.0. The van der Waals surface area contributed by atoms with Crippen molar-refractivity contribution < 1.29 is 17.3 Å². The van der Waals surface area contributed by atoms with Crippen LogP contribution in [0.1, 0.15) is 11.1 Å². The average Bonchev–Trinajstić information content (AvgIpc) is 3.06. The SMILES string of the molecule is COc1cc(/C=N\n2nnnc2N)ccc1OS(=O)(=O)c1ccc(C)cc1. The van der Waals surface area contributed by atoms with Gasteiger partial charge in [-0.3, -0.25) is 0 Å². The third kappa shape index (κ3) is 4.20. The molecule has 1 aromatic heterocycles. The summed E-state index contributed by atoms with van der Waals surface area (Å²) >= 11 is 0. The van der Waals surface area contributed by atoms with Crippen LogP contribution in [-0.2, 0) is 10.1 Å². The van der Waals surface area contributed by atoms with Gasteiger partial charge in [-0.15, -0.1) is 0 Å². The quantitative estimate of drug-likeness (QED) is 0.492. The molecule has 2 N–H and O–H groups in total. The molecule has 0 bridgehead atoms. The number of tetrazole rings is 1. The molecule has 0 aliphatic rings. The van der Waals surface area contributed by atoms with Crippen molar-refractivity contribution in [1.82, 2.24) is 20.3 Å². The Kier molecular flexibility index (Phi) is 5.03. The van der Waals surface area contributed by atoms with Crippen molar-refractivity contribution in [1.29, 1.82) is 0 Å². The van der Waals surface area contributed by atoms with Gasteiger partial charge < -0.3 is 14.7 Å². The highest BCUT2D eigenvalue weighted by Gasteiger charge is 2.19. The minimum Gasteiger partial charge on any atom is -0.493 e. The molecule has 10 nitrogen and oxygen atoms in total. The number of benzene rings is 2. The number of methoxy groups -OCH3 is 1. The average molecular weight is 388 g/mol. The van der Waals surface area contributed by atoms with E-state index in [0.29, 0.717) is 5.56 Å². The second-order valence-corrected chi connectivity index (χ2v) is 6.98. The molecule has 0 radical (unpaired) electrons. The van der Waals surface area contributed by atoms with Crippen LogP contribution in [-0.4, -0.2) is 42.1 Å². The summed E-state index contributed by atoms with van der Waals surface area (Å²) in [5.41, 5.74) is 7.06. The minimum absolute atomic E-state index is 0.0300. The molecule has 0 saturated carbocycles. The van der Waals surface area contributed by atoms with E-state index in [1.807, 2.05) is 6.92 Å². The minimum atomic E-state index is -3.99. The number of ether oxygens (including phenoxy) is 1. The number of aryl methyl sites for hydroxylation is 1. The summed E-state index contributed by atoms with van der Waals surface area (Å²) in [6.45, 7) is 1.86. The fourth-order valence-corrected chi connectivity index (χ4v) is 3.04. The van der Waals surface area contributed by atoms with Crippen LogP contribution in [0.25, 0.3) is 0 Å². The summed E-state index contributed by atoms with van der Waals surface area (Å²) in [6.07, 6.45) is 1.44. The molecule has 0 saturated heterocycles. The van der Waals surface area contributed by atoms with Crippen molar-refractivity contribution >= 4 is 22.3 Å². The molecule has 1 heterocycles. The Bertz CT molecular complexity index is 1080. The summed E-state index contributed by atoms with van der Waals surface area (Å²) in [5, 5.41) is 14.4. The van der Waals surface area contributed by atoms with Crippen LogP contribution >= 0.6 is 0 Å². The van der Waals surface area contributed by atoms with E-state index in [2.05, 4.69) is 20.6 Å². The predicted octanol–water partition coefficient (Wildman–Crippen LogP) is 1.22. The Morgan fingerprint density at radius 2 is 1.89 bits per heavy atom. The maximum Gasteiger partial charge on any atom is 0.339 e. The fraction of sp³-hybridized carbons (Fsp3) is 0.125. The van der Waals surface area contributed by atoms with Gasteiger partial charge in [0.2, 0.25) is 0 Å². The van der Waals surface area contributed by atoms with Gasteiger partial charge in [-0.1, -0.05) is 27.6 Å². The number of nitrogens with zero attached hydrogens (tertiary/aromatic N) is 5. The number of nitrogen functional groups attached to an aromatic ring is 1. The van der Waals surface area contributed by atoms with Gasteiger partial charge in [0.15, 0.2) is 11.5 Å². The van der Waals surface area contributed by atoms with E-state index in [1.165, 1.54) is 31.5 Å². The number of rotatable bonds is 6. The van der Waals surface area contributed by atoms with E-state index in [4.69, 9.17) is 14.7 Å². The van der Waals surface area contributed by atoms with Crippen molar-refractivity contribution in [2.75, 3.05) is 12.8 Å². The van der Waals surface area contributed by atoms with Crippen LogP contribution < -0.4 is 14.7 Å². The van der Waals surface area contributed by atoms with E-state index < -0.39 is 10.1 Å². The number of nitrogens with two attached hydrogens (primary N) is 1. The van der Waals surface area contributed by atoms with Crippen molar-refractivity contribution in [3.05, 3.63) is 53.6 Å². The number of hydrogen-bond donors (Lipinski definition) is 1. The smallest absolute Gasteiger partial charge is 0.339 e. The summed E-state index contributed by atoms with van der Waals surface area (Å²) in [5.74, 6) is 0.304. The zero-order valence-electron chi connectivity index (χ0n) is 14.5. The van der Waals surface area contributed by atoms with Crippen molar-refractivity contribution in [2.24, 2.45) is 5.10 Å². The molecule has 0 aliphatic heterocycles. The summed E-state index contributed by atoms with van der Waals surface area (Å²) < 4.78 is 35.3. The monoisotopic (exact) mass is 388 g/mol. The van der Waals surface area contributed by atoms with E-state index in [-0.39, 0.29) is 22.3 Å².